The van der Waals surface area contributed by atoms with Gasteiger partial charge in [-0.05, 0) is 37.1 Å². The Hall–Kier alpha value is -2.07. The van der Waals surface area contributed by atoms with Gasteiger partial charge in [-0.2, -0.15) is 0 Å². The summed E-state index contributed by atoms with van der Waals surface area (Å²) >= 11 is 0. The highest BCUT2D eigenvalue weighted by atomic mass is 16.5. The van der Waals surface area contributed by atoms with Crippen molar-refractivity contribution in [3.05, 3.63) is 53.5 Å². The molecule has 4 nitrogen and oxygen atoms in total. The number of ether oxygens (including phenoxy) is 1. The molecule has 2 N–H and O–H groups in total. The van der Waals surface area contributed by atoms with Crippen molar-refractivity contribution in [3.8, 4) is 5.75 Å². The third kappa shape index (κ3) is 2.69. The Balaban J connectivity index is 1.81. The summed E-state index contributed by atoms with van der Waals surface area (Å²) in [4.78, 5) is 12.2. The fourth-order valence-corrected chi connectivity index (χ4v) is 1.84. The zero-order chi connectivity index (χ0) is 13.2. The summed E-state index contributed by atoms with van der Waals surface area (Å²) in [6.07, 6.45) is 2.50. The predicted octanol–water partition coefficient (Wildman–Crippen LogP) is 2.51. The Kier molecular flexibility index (Phi) is 3.09. The summed E-state index contributed by atoms with van der Waals surface area (Å²) in [7, 11) is 0. The number of hydrogen-bond donors (Lipinski definition) is 1. The molecule has 0 amide bonds. The second kappa shape index (κ2) is 4.90. The van der Waals surface area contributed by atoms with Crippen LogP contribution in [0, 0.1) is 0 Å². The van der Waals surface area contributed by atoms with Crippen LogP contribution in [-0.2, 0) is 6.54 Å². The van der Waals surface area contributed by atoms with Crippen LogP contribution in [0.3, 0.4) is 0 Å². The van der Waals surface area contributed by atoms with E-state index in [0.717, 1.165) is 18.6 Å². The van der Waals surface area contributed by atoms with Crippen molar-refractivity contribution in [2.24, 2.45) is 5.73 Å². The molecular weight excluding hydrogens is 242 g/mol. The number of nitrogens with two attached hydrogens (primary N) is 1. The standard InChI is InChI=1S/C15H15NO3/c16-9-13-6-7-14(19-13)15(17)10-2-1-3-12(8-10)18-11-4-5-11/h1-3,6-8,11H,4-5,9,16H2. The molecule has 0 spiro atoms. The van der Waals surface area contributed by atoms with E-state index in [9.17, 15) is 4.79 Å². The van der Waals surface area contributed by atoms with E-state index in [4.69, 9.17) is 14.9 Å². The van der Waals surface area contributed by atoms with Crippen molar-refractivity contribution in [1.29, 1.82) is 0 Å². The molecule has 0 unspecified atom stereocenters. The number of furan rings is 1. The molecule has 0 saturated heterocycles. The molecule has 0 atom stereocenters. The van der Waals surface area contributed by atoms with Crippen LogP contribution in [0.5, 0.6) is 5.75 Å². The Bertz CT molecular complexity index is 599. The maximum absolute atomic E-state index is 12.2. The molecule has 0 aliphatic heterocycles. The molecule has 1 aromatic heterocycles. The van der Waals surface area contributed by atoms with Gasteiger partial charge in [0.05, 0.1) is 12.6 Å². The number of rotatable bonds is 5. The number of ketones is 1. The van der Waals surface area contributed by atoms with E-state index in [-0.39, 0.29) is 12.3 Å². The van der Waals surface area contributed by atoms with Gasteiger partial charge in [0.1, 0.15) is 11.5 Å². The summed E-state index contributed by atoms with van der Waals surface area (Å²) in [6, 6.07) is 10.6. The quantitative estimate of drug-likeness (QED) is 0.836. The fraction of sp³-hybridized carbons (Fsp3) is 0.267. The van der Waals surface area contributed by atoms with Crippen LogP contribution < -0.4 is 10.5 Å². The lowest BCUT2D eigenvalue weighted by Gasteiger charge is -2.05. The van der Waals surface area contributed by atoms with Crippen LogP contribution in [0.15, 0.2) is 40.8 Å². The third-order valence-corrected chi connectivity index (χ3v) is 3.01. The Morgan fingerprint density at radius 1 is 1.32 bits per heavy atom. The Morgan fingerprint density at radius 3 is 2.84 bits per heavy atom. The topological polar surface area (TPSA) is 65.5 Å². The Labute approximate surface area is 111 Å². The lowest BCUT2D eigenvalue weighted by molar-refractivity contribution is 0.101. The largest absolute Gasteiger partial charge is 0.490 e. The summed E-state index contributed by atoms with van der Waals surface area (Å²) in [5, 5.41) is 0. The minimum absolute atomic E-state index is 0.152. The van der Waals surface area contributed by atoms with Gasteiger partial charge in [0.15, 0.2) is 5.76 Å². The third-order valence-electron chi connectivity index (χ3n) is 3.01. The maximum atomic E-state index is 12.2. The first-order valence-corrected chi connectivity index (χ1v) is 6.36. The van der Waals surface area contributed by atoms with Crippen molar-refractivity contribution in [2.75, 3.05) is 0 Å². The number of benzene rings is 1. The summed E-state index contributed by atoms with van der Waals surface area (Å²) in [5.74, 6) is 1.50. The smallest absolute Gasteiger partial charge is 0.228 e. The first-order chi connectivity index (χ1) is 9.26. The molecule has 2 aromatic rings. The molecule has 4 heteroatoms. The molecule has 0 bridgehead atoms. The normalized spacial score (nSPS) is 14.4. The van der Waals surface area contributed by atoms with Crippen molar-refractivity contribution < 1.29 is 13.9 Å². The number of hydrogen-bond acceptors (Lipinski definition) is 4. The van der Waals surface area contributed by atoms with E-state index in [1.54, 1.807) is 24.3 Å². The lowest BCUT2D eigenvalue weighted by Crippen LogP contribution is -2.02. The van der Waals surface area contributed by atoms with Gasteiger partial charge < -0.3 is 14.9 Å². The fourth-order valence-electron chi connectivity index (χ4n) is 1.84. The van der Waals surface area contributed by atoms with Crippen LogP contribution in [0.1, 0.15) is 34.7 Å². The van der Waals surface area contributed by atoms with Crippen LogP contribution in [0.4, 0.5) is 0 Å². The van der Waals surface area contributed by atoms with Gasteiger partial charge in [0.2, 0.25) is 5.78 Å². The molecule has 1 saturated carbocycles. The summed E-state index contributed by atoms with van der Waals surface area (Å²) < 4.78 is 11.0. The first kappa shape index (κ1) is 12.0. The molecule has 1 aromatic carbocycles. The second-order valence-corrected chi connectivity index (χ2v) is 4.64. The molecule has 0 radical (unpaired) electrons. The number of carbonyl (C=O) groups is 1. The Morgan fingerprint density at radius 2 is 2.16 bits per heavy atom. The minimum atomic E-state index is -0.152. The van der Waals surface area contributed by atoms with Gasteiger partial charge >= 0.3 is 0 Å². The van der Waals surface area contributed by atoms with Crippen LogP contribution in [-0.4, -0.2) is 11.9 Å². The first-order valence-electron chi connectivity index (χ1n) is 6.36. The monoisotopic (exact) mass is 257 g/mol. The van der Waals surface area contributed by atoms with Crippen molar-refractivity contribution in [2.45, 2.75) is 25.5 Å². The molecule has 1 aliphatic rings. The highest BCUT2D eigenvalue weighted by molar-refractivity contribution is 6.07. The van der Waals surface area contributed by atoms with Crippen LogP contribution in [0.2, 0.25) is 0 Å². The predicted molar refractivity (Wildman–Crippen MR) is 70.1 cm³/mol. The van der Waals surface area contributed by atoms with Gasteiger partial charge in [-0.1, -0.05) is 12.1 Å². The van der Waals surface area contributed by atoms with E-state index in [1.807, 2.05) is 12.1 Å². The highest BCUT2D eigenvalue weighted by Crippen LogP contribution is 2.27. The van der Waals surface area contributed by atoms with Gasteiger partial charge in [0, 0.05) is 5.56 Å². The van der Waals surface area contributed by atoms with E-state index in [2.05, 4.69) is 0 Å². The SMILES string of the molecule is NCc1ccc(C(=O)c2cccc(OC3CC3)c2)o1. The summed E-state index contributed by atoms with van der Waals surface area (Å²) in [6.45, 7) is 0.290. The van der Waals surface area contributed by atoms with E-state index in [0.29, 0.717) is 23.2 Å². The molecule has 1 heterocycles. The minimum Gasteiger partial charge on any atom is -0.490 e. The van der Waals surface area contributed by atoms with E-state index >= 15 is 0 Å². The average Bonchev–Trinajstić information content (AvgIpc) is 3.11. The molecule has 1 aliphatic carbocycles. The summed E-state index contributed by atoms with van der Waals surface area (Å²) in [5.41, 5.74) is 6.03. The van der Waals surface area contributed by atoms with Gasteiger partial charge in [-0.3, -0.25) is 4.79 Å². The van der Waals surface area contributed by atoms with E-state index < -0.39 is 0 Å². The zero-order valence-electron chi connectivity index (χ0n) is 10.5. The molecule has 98 valence electrons. The average molecular weight is 257 g/mol. The van der Waals surface area contributed by atoms with Gasteiger partial charge in [-0.25, -0.2) is 0 Å². The van der Waals surface area contributed by atoms with Gasteiger partial charge in [0.25, 0.3) is 0 Å². The number of carbonyl (C=O) groups excluding carboxylic acids is 1. The lowest BCUT2D eigenvalue weighted by atomic mass is 10.1. The van der Waals surface area contributed by atoms with Gasteiger partial charge in [-0.15, -0.1) is 0 Å². The van der Waals surface area contributed by atoms with Crippen molar-refractivity contribution >= 4 is 5.78 Å². The van der Waals surface area contributed by atoms with Crippen molar-refractivity contribution in [3.63, 3.8) is 0 Å². The maximum Gasteiger partial charge on any atom is 0.228 e. The molecule has 19 heavy (non-hydrogen) atoms. The van der Waals surface area contributed by atoms with Crippen LogP contribution in [0.25, 0.3) is 0 Å². The highest BCUT2D eigenvalue weighted by Gasteiger charge is 2.24. The molecular formula is C15H15NO3. The molecule has 3 rings (SSSR count). The van der Waals surface area contributed by atoms with Crippen molar-refractivity contribution in [1.82, 2.24) is 0 Å². The molecule has 1 fully saturated rings. The van der Waals surface area contributed by atoms with Crippen LogP contribution >= 0.6 is 0 Å². The second-order valence-electron chi connectivity index (χ2n) is 4.64. The zero-order valence-corrected chi connectivity index (χ0v) is 10.5. The van der Waals surface area contributed by atoms with E-state index in [1.165, 1.54) is 0 Å².